The van der Waals surface area contributed by atoms with Gasteiger partial charge in [0.2, 0.25) is 0 Å². The molecule has 4 N–H and O–H groups in total. The molecular formula is C11H16N2O3S2. The molecule has 0 aromatic carbocycles. The van der Waals surface area contributed by atoms with Gasteiger partial charge in [-0.3, -0.25) is 4.79 Å². The van der Waals surface area contributed by atoms with E-state index in [-0.39, 0.29) is 5.78 Å². The number of β-amino-alcohol motifs (C(OH)–C–C–N with tert-alkyl or cyclic N) is 2. The quantitative estimate of drug-likeness (QED) is 0.563. The molecule has 0 bridgehead atoms. The first-order valence-corrected chi connectivity index (χ1v) is 7.58. The standard InChI is InChI=1S/C11H16N2O3S2/c1-5(14)9-8(12)10(17-2)11(18-9)13-3-6(15)7(16)4-13/h6-7,15-16H,3-4,12H2,1-2H3. The van der Waals surface area contributed by atoms with E-state index in [0.717, 1.165) is 9.90 Å². The van der Waals surface area contributed by atoms with Gasteiger partial charge in [0.25, 0.3) is 0 Å². The number of ketones is 1. The lowest BCUT2D eigenvalue weighted by atomic mass is 10.3. The molecule has 100 valence electrons. The third-order valence-electron chi connectivity index (χ3n) is 2.95. The average molecular weight is 288 g/mol. The number of hydrogen-bond acceptors (Lipinski definition) is 7. The van der Waals surface area contributed by atoms with E-state index in [1.165, 1.54) is 30.0 Å². The second-order valence-electron chi connectivity index (χ2n) is 4.28. The Bertz CT molecular complexity index is 465. The largest absolute Gasteiger partial charge is 0.396 e. The minimum atomic E-state index is -0.746. The summed E-state index contributed by atoms with van der Waals surface area (Å²) >= 11 is 2.81. The molecule has 0 spiro atoms. The number of carbonyl (C=O) groups is 1. The van der Waals surface area contributed by atoms with E-state index in [0.29, 0.717) is 23.7 Å². The molecule has 1 aromatic heterocycles. The van der Waals surface area contributed by atoms with Gasteiger partial charge in [0.15, 0.2) is 5.78 Å². The van der Waals surface area contributed by atoms with Gasteiger partial charge < -0.3 is 20.8 Å². The third kappa shape index (κ3) is 2.23. The highest BCUT2D eigenvalue weighted by Gasteiger charge is 2.33. The number of nitrogens with two attached hydrogens (primary N) is 1. The van der Waals surface area contributed by atoms with Gasteiger partial charge in [0, 0.05) is 20.0 Å². The van der Waals surface area contributed by atoms with Crippen LogP contribution in [0.5, 0.6) is 0 Å². The lowest BCUT2D eigenvalue weighted by Crippen LogP contribution is -2.22. The fraction of sp³-hybridized carbons (Fsp3) is 0.545. The Morgan fingerprint density at radius 1 is 1.44 bits per heavy atom. The first-order chi connectivity index (χ1) is 8.45. The van der Waals surface area contributed by atoms with E-state index in [2.05, 4.69) is 0 Å². The molecule has 1 saturated heterocycles. The SMILES string of the molecule is CSc1c(N2CC(O)C(O)C2)sc(C(C)=O)c1N. The lowest BCUT2D eigenvalue weighted by Gasteiger charge is -2.16. The van der Waals surface area contributed by atoms with Crippen molar-refractivity contribution < 1.29 is 15.0 Å². The van der Waals surface area contributed by atoms with E-state index >= 15 is 0 Å². The Morgan fingerprint density at radius 2 is 2.00 bits per heavy atom. The first-order valence-electron chi connectivity index (χ1n) is 5.54. The summed E-state index contributed by atoms with van der Waals surface area (Å²) in [5.41, 5.74) is 6.48. The molecule has 2 rings (SSSR count). The van der Waals surface area contributed by atoms with Gasteiger partial charge in [0.1, 0.15) is 5.00 Å². The van der Waals surface area contributed by atoms with Crippen LogP contribution in [-0.2, 0) is 0 Å². The van der Waals surface area contributed by atoms with Gasteiger partial charge in [-0.15, -0.1) is 23.1 Å². The summed E-state index contributed by atoms with van der Waals surface area (Å²) in [6.45, 7) is 2.22. The van der Waals surface area contributed by atoms with E-state index in [1.54, 1.807) is 0 Å². The number of aliphatic hydroxyl groups excluding tert-OH is 2. The topological polar surface area (TPSA) is 86.8 Å². The number of aliphatic hydroxyl groups is 2. The number of nitrogens with zero attached hydrogens (tertiary/aromatic N) is 1. The Morgan fingerprint density at radius 3 is 2.44 bits per heavy atom. The number of nitrogen functional groups attached to an aromatic ring is 1. The van der Waals surface area contributed by atoms with Crippen molar-refractivity contribution >= 4 is 39.6 Å². The van der Waals surface area contributed by atoms with Crippen LogP contribution in [0.2, 0.25) is 0 Å². The predicted molar refractivity (Wildman–Crippen MR) is 74.7 cm³/mol. The van der Waals surface area contributed by atoms with Crippen LogP contribution in [-0.4, -0.2) is 47.5 Å². The number of Topliss-reactive ketones (excluding diaryl/α,β-unsaturated/α-hetero) is 1. The van der Waals surface area contributed by atoms with Crippen molar-refractivity contribution in [3.8, 4) is 0 Å². The van der Waals surface area contributed by atoms with Gasteiger partial charge in [-0.25, -0.2) is 0 Å². The van der Waals surface area contributed by atoms with E-state index < -0.39 is 12.2 Å². The highest BCUT2D eigenvalue weighted by molar-refractivity contribution is 7.99. The molecule has 2 heterocycles. The van der Waals surface area contributed by atoms with Gasteiger partial charge in [0.05, 0.1) is 27.7 Å². The molecule has 2 unspecified atom stereocenters. The van der Waals surface area contributed by atoms with Crippen molar-refractivity contribution in [2.75, 3.05) is 30.0 Å². The maximum atomic E-state index is 11.5. The number of rotatable bonds is 3. The fourth-order valence-corrected chi connectivity index (χ4v) is 4.11. The molecule has 1 aromatic rings. The van der Waals surface area contributed by atoms with Crippen molar-refractivity contribution in [3.05, 3.63) is 4.88 Å². The summed E-state index contributed by atoms with van der Waals surface area (Å²) in [5, 5.41) is 20.0. The van der Waals surface area contributed by atoms with Crippen molar-refractivity contribution in [1.82, 2.24) is 0 Å². The monoisotopic (exact) mass is 288 g/mol. The van der Waals surface area contributed by atoms with Crippen LogP contribution in [0, 0.1) is 0 Å². The van der Waals surface area contributed by atoms with Crippen molar-refractivity contribution in [1.29, 1.82) is 0 Å². The van der Waals surface area contributed by atoms with Crippen LogP contribution in [0.25, 0.3) is 0 Å². The van der Waals surface area contributed by atoms with Crippen LogP contribution in [0.15, 0.2) is 4.90 Å². The minimum absolute atomic E-state index is 0.0562. The Labute approximate surface area is 114 Å². The number of hydrogen-bond donors (Lipinski definition) is 3. The van der Waals surface area contributed by atoms with E-state index in [1.807, 2.05) is 11.2 Å². The molecule has 0 amide bonds. The molecule has 1 aliphatic rings. The molecule has 7 heteroatoms. The first kappa shape index (κ1) is 13.7. The number of carbonyl (C=O) groups excluding carboxylic acids is 1. The van der Waals surface area contributed by atoms with E-state index in [9.17, 15) is 15.0 Å². The van der Waals surface area contributed by atoms with Crippen molar-refractivity contribution in [3.63, 3.8) is 0 Å². The van der Waals surface area contributed by atoms with Gasteiger partial charge in [-0.2, -0.15) is 0 Å². The Kier molecular flexibility index (Phi) is 3.86. The summed E-state index contributed by atoms with van der Waals surface area (Å²) in [5.74, 6) is -0.0562. The number of anilines is 2. The molecule has 1 fully saturated rings. The van der Waals surface area contributed by atoms with Crippen molar-refractivity contribution in [2.45, 2.75) is 24.0 Å². The summed E-state index contributed by atoms with van der Waals surface area (Å²) in [6.07, 6.45) is 0.405. The highest BCUT2D eigenvalue weighted by Crippen LogP contribution is 2.44. The molecule has 18 heavy (non-hydrogen) atoms. The minimum Gasteiger partial charge on any atom is -0.396 e. The van der Waals surface area contributed by atoms with Gasteiger partial charge in [-0.05, 0) is 6.26 Å². The normalized spacial score (nSPS) is 23.7. The third-order valence-corrected chi connectivity index (χ3v) is 5.27. The summed E-state index contributed by atoms with van der Waals surface area (Å²) in [7, 11) is 0. The van der Waals surface area contributed by atoms with Crippen LogP contribution in [0.3, 0.4) is 0 Å². The summed E-state index contributed by atoms with van der Waals surface area (Å²) in [4.78, 5) is 14.8. The van der Waals surface area contributed by atoms with Gasteiger partial charge in [-0.1, -0.05) is 0 Å². The molecule has 1 aliphatic heterocycles. The fourth-order valence-electron chi connectivity index (χ4n) is 2.02. The molecular weight excluding hydrogens is 272 g/mol. The Hall–Kier alpha value is -0.760. The highest BCUT2D eigenvalue weighted by atomic mass is 32.2. The number of thioether (sulfide) groups is 1. The second-order valence-corrected chi connectivity index (χ2v) is 6.09. The summed E-state index contributed by atoms with van der Waals surface area (Å²) < 4.78 is 0. The zero-order chi connectivity index (χ0) is 13.4. The van der Waals surface area contributed by atoms with Crippen LogP contribution < -0.4 is 10.6 Å². The smallest absolute Gasteiger partial charge is 0.171 e. The molecule has 0 saturated carbocycles. The zero-order valence-electron chi connectivity index (χ0n) is 10.2. The molecule has 2 atom stereocenters. The zero-order valence-corrected chi connectivity index (χ0v) is 11.8. The van der Waals surface area contributed by atoms with Crippen LogP contribution in [0.4, 0.5) is 10.7 Å². The summed E-state index contributed by atoms with van der Waals surface area (Å²) in [6, 6.07) is 0. The maximum absolute atomic E-state index is 11.5. The second kappa shape index (κ2) is 5.08. The number of thiophene rings is 1. The Balaban J connectivity index is 2.39. The predicted octanol–water partition coefficient (Wildman–Crippen LogP) is 0.797. The molecule has 0 aliphatic carbocycles. The van der Waals surface area contributed by atoms with Crippen molar-refractivity contribution in [2.24, 2.45) is 0 Å². The maximum Gasteiger partial charge on any atom is 0.171 e. The van der Waals surface area contributed by atoms with E-state index in [4.69, 9.17) is 5.73 Å². The van der Waals surface area contributed by atoms with Crippen LogP contribution >= 0.6 is 23.1 Å². The van der Waals surface area contributed by atoms with Gasteiger partial charge >= 0.3 is 0 Å². The average Bonchev–Trinajstić information content (AvgIpc) is 2.80. The molecule has 0 radical (unpaired) electrons. The lowest BCUT2D eigenvalue weighted by molar-refractivity contribution is 0.0572. The van der Waals surface area contributed by atoms with Crippen LogP contribution in [0.1, 0.15) is 16.6 Å². The molecule has 5 nitrogen and oxygen atoms in total.